The zero-order valence-electron chi connectivity index (χ0n) is 15.4. The number of halogens is 3. The van der Waals surface area contributed by atoms with Gasteiger partial charge in [-0.2, -0.15) is 5.26 Å². The molecule has 0 spiro atoms. The number of benzene rings is 2. The van der Waals surface area contributed by atoms with E-state index in [0.717, 1.165) is 16.1 Å². The Balaban J connectivity index is 1.97. The maximum Gasteiger partial charge on any atom is 0.242 e. The number of aryl methyl sites for hydroxylation is 1. The average Bonchev–Trinajstić information content (AvgIpc) is 3.08. The summed E-state index contributed by atoms with van der Waals surface area (Å²) in [6.45, 7) is 2.18. The molecule has 0 bridgehead atoms. The van der Waals surface area contributed by atoms with Crippen LogP contribution in [0.15, 0.2) is 42.5 Å². The molecular weight excluding hydrogens is 416 g/mol. The lowest BCUT2D eigenvalue weighted by Gasteiger charge is -2.22. The zero-order valence-corrected chi connectivity index (χ0v) is 17.0. The molecule has 3 rings (SSSR count). The average molecular weight is 432 g/mol. The van der Waals surface area contributed by atoms with E-state index in [4.69, 9.17) is 16.9 Å². The molecule has 0 saturated heterocycles. The van der Waals surface area contributed by atoms with Crippen LogP contribution in [0, 0.1) is 18.3 Å². The van der Waals surface area contributed by atoms with Gasteiger partial charge in [-0.1, -0.05) is 23.7 Å². The van der Waals surface area contributed by atoms with Gasteiger partial charge in [0.25, 0.3) is 0 Å². The van der Waals surface area contributed by atoms with E-state index in [2.05, 4.69) is 11.1 Å². The molecule has 1 aromatic heterocycles. The Kier molecular flexibility index (Phi) is 6.57. The second kappa shape index (κ2) is 9.12. The molecule has 0 radical (unpaired) electrons. The van der Waals surface area contributed by atoms with Crippen LogP contribution in [-0.2, 0) is 13.0 Å². The molecule has 0 fully saturated rings. The normalized spacial score (nSPS) is 10.8. The van der Waals surface area contributed by atoms with Gasteiger partial charge in [0.2, 0.25) is 6.43 Å². The summed E-state index contributed by atoms with van der Waals surface area (Å²) in [5.74, 6) is 0. The van der Waals surface area contributed by atoms with Crippen LogP contribution in [0.5, 0.6) is 0 Å². The molecule has 4 nitrogen and oxygen atoms in total. The Morgan fingerprint density at radius 2 is 2.00 bits per heavy atom. The fourth-order valence-electron chi connectivity index (χ4n) is 2.81. The molecule has 0 N–H and O–H groups in total. The lowest BCUT2D eigenvalue weighted by atomic mass is 10.1. The van der Waals surface area contributed by atoms with Crippen LogP contribution in [0.4, 0.5) is 19.6 Å². The highest BCUT2D eigenvalue weighted by molar-refractivity contribution is 7.15. The van der Waals surface area contributed by atoms with Gasteiger partial charge in [-0.05, 0) is 48.4 Å². The molecule has 0 atom stereocenters. The van der Waals surface area contributed by atoms with Crippen molar-refractivity contribution < 1.29 is 13.6 Å². The first-order chi connectivity index (χ1) is 13.9. The molecule has 1 heterocycles. The van der Waals surface area contributed by atoms with Crippen molar-refractivity contribution >= 4 is 40.0 Å². The van der Waals surface area contributed by atoms with E-state index in [0.29, 0.717) is 34.8 Å². The summed E-state index contributed by atoms with van der Waals surface area (Å²) in [7, 11) is 0. The van der Waals surface area contributed by atoms with E-state index in [-0.39, 0.29) is 5.02 Å². The van der Waals surface area contributed by atoms with Crippen molar-refractivity contribution in [3.8, 4) is 6.07 Å². The number of rotatable bonds is 7. The van der Waals surface area contributed by atoms with Gasteiger partial charge >= 0.3 is 0 Å². The van der Waals surface area contributed by atoms with Crippen LogP contribution in [0.1, 0.15) is 32.1 Å². The summed E-state index contributed by atoms with van der Waals surface area (Å²) >= 11 is 7.57. The molecule has 0 amide bonds. The third kappa shape index (κ3) is 4.97. The number of aromatic nitrogens is 1. The predicted octanol–water partition coefficient (Wildman–Crippen LogP) is 5.94. The molecule has 0 aliphatic carbocycles. The van der Waals surface area contributed by atoms with E-state index in [1.54, 1.807) is 42.5 Å². The minimum atomic E-state index is -2.46. The highest BCUT2D eigenvalue weighted by Gasteiger charge is 2.18. The number of hydrogen-bond donors (Lipinski definition) is 0. The lowest BCUT2D eigenvalue weighted by molar-refractivity contribution is 0.111. The second-order valence-corrected chi connectivity index (χ2v) is 7.91. The van der Waals surface area contributed by atoms with Crippen LogP contribution in [-0.4, -0.2) is 17.7 Å². The van der Waals surface area contributed by atoms with Gasteiger partial charge in [-0.3, -0.25) is 4.79 Å². The molecular formula is C21H16ClF2N3OS. The van der Waals surface area contributed by atoms with Crippen LogP contribution in [0.2, 0.25) is 5.02 Å². The second-order valence-electron chi connectivity index (χ2n) is 6.32. The molecule has 3 aromatic rings. The summed E-state index contributed by atoms with van der Waals surface area (Å²) in [6, 6.07) is 14.1. The van der Waals surface area contributed by atoms with Gasteiger partial charge in [0.15, 0.2) is 11.4 Å². The smallest absolute Gasteiger partial charge is 0.242 e. The van der Waals surface area contributed by atoms with E-state index < -0.39 is 12.8 Å². The van der Waals surface area contributed by atoms with Gasteiger partial charge in [0.1, 0.15) is 5.69 Å². The number of alkyl halides is 2. The minimum absolute atomic E-state index is 0.284. The third-order valence-electron chi connectivity index (χ3n) is 4.30. The van der Waals surface area contributed by atoms with Gasteiger partial charge in [-0.15, -0.1) is 11.3 Å². The summed E-state index contributed by atoms with van der Waals surface area (Å²) in [4.78, 5) is 18.3. The van der Waals surface area contributed by atoms with Crippen molar-refractivity contribution in [2.75, 3.05) is 4.90 Å². The van der Waals surface area contributed by atoms with Gasteiger partial charge in [0, 0.05) is 22.0 Å². The highest BCUT2D eigenvalue weighted by Crippen LogP contribution is 2.33. The number of aldehydes is 1. The Morgan fingerprint density at radius 1 is 1.28 bits per heavy atom. The molecule has 2 aromatic carbocycles. The van der Waals surface area contributed by atoms with Crippen LogP contribution in [0.25, 0.3) is 0 Å². The number of nitrogens with zero attached hydrogens (tertiary/aromatic N) is 3. The predicted molar refractivity (Wildman–Crippen MR) is 110 cm³/mol. The Morgan fingerprint density at radius 3 is 2.55 bits per heavy atom. The highest BCUT2D eigenvalue weighted by atomic mass is 35.5. The molecule has 0 saturated carbocycles. The summed E-state index contributed by atoms with van der Waals surface area (Å²) in [5.41, 5.74) is 2.87. The van der Waals surface area contributed by atoms with Gasteiger partial charge < -0.3 is 4.90 Å². The van der Waals surface area contributed by atoms with E-state index in [1.165, 1.54) is 11.3 Å². The molecule has 0 aliphatic rings. The molecule has 0 unspecified atom stereocenters. The maximum absolute atomic E-state index is 12.7. The number of hydrogen-bond acceptors (Lipinski definition) is 5. The molecule has 29 heavy (non-hydrogen) atoms. The molecule has 8 heteroatoms. The Labute approximate surface area is 176 Å². The Hall–Kier alpha value is -2.82. The number of anilines is 2. The standard InChI is InChI=1S/C21H16ClF2N3OS/c1-13-19(12-28)26-21(29-13)27(17-6-3-14(10-25)4-7-17)11-15-2-5-16(9-20(23)24)18(22)8-15/h2-8,12,20H,9,11H2,1H3. The monoisotopic (exact) mass is 431 g/mol. The van der Waals surface area contributed by atoms with E-state index in [1.807, 2.05) is 11.8 Å². The third-order valence-corrected chi connectivity index (χ3v) is 5.67. The quantitative estimate of drug-likeness (QED) is 0.435. The first-order valence-electron chi connectivity index (χ1n) is 8.67. The van der Waals surface area contributed by atoms with Crippen molar-refractivity contribution in [3.63, 3.8) is 0 Å². The van der Waals surface area contributed by atoms with Gasteiger partial charge in [-0.25, -0.2) is 13.8 Å². The number of nitriles is 1. The first-order valence-corrected chi connectivity index (χ1v) is 9.86. The number of thiazole rings is 1. The van der Waals surface area contributed by atoms with Crippen molar-refractivity contribution in [1.82, 2.24) is 4.98 Å². The SMILES string of the molecule is Cc1sc(N(Cc2ccc(CC(F)F)c(Cl)c2)c2ccc(C#N)cc2)nc1C=O. The van der Waals surface area contributed by atoms with Crippen molar-refractivity contribution in [3.05, 3.63) is 74.7 Å². The van der Waals surface area contributed by atoms with Crippen molar-refractivity contribution in [2.24, 2.45) is 0 Å². The number of carbonyl (C=O) groups excluding carboxylic acids is 1. The zero-order chi connectivity index (χ0) is 21.0. The maximum atomic E-state index is 12.7. The molecule has 148 valence electrons. The molecule has 0 aliphatic heterocycles. The topological polar surface area (TPSA) is 57.0 Å². The largest absolute Gasteiger partial charge is 0.313 e. The number of carbonyl (C=O) groups is 1. The lowest BCUT2D eigenvalue weighted by Crippen LogP contribution is -2.16. The fraction of sp³-hybridized carbons (Fsp3) is 0.190. The summed E-state index contributed by atoms with van der Waals surface area (Å²) in [5, 5.41) is 9.93. The van der Waals surface area contributed by atoms with Crippen LogP contribution in [0.3, 0.4) is 0 Å². The first kappa shape index (κ1) is 20.9. The fourth-order valence-corrected chi connectivity index (χ4v) is 3.98. The van der Waals surface area contributed by atoms with E-state index in [9.17, 15) is 13.6 Å². The van der Waals surface area contributed by atoms with Crippen LogP contribution < -0.4 is 4.90 Å². The summed E-state index contributed by atoms with van der Waals surface area (Å²) < 4.78 is 25.3. The van der Waals surface area contributed by atoms with Crippen molar-refractivity contribution in [2.45, 2.75) is 26.3 Å². The summed E-state index contributed by atoms with van der Waals surface area (Å²) in [6.07, 6.45) is -2.15. The van der Waals surface area contributed by atoms with Crippen molar-refractivity contribution in [1.29, 1.82) is 5.26 Å². The van der Waals surface area contributed by atoms with Crippen LogP contribution >= 0.6 is 22.9 Å². The Bertz CT molecular complexity index is 1060. The van der Waals surface area contributed by atoms with Gasteiger partial charge in [0.05, 0.1) is 18.2 Å². The minimum Gasteiger partial charge on any atom is -0.313 e. The van der Waals surface area contributed by atoms with E-state index >= 15 is 0 Å².